The first kappa shape index (κ1) is 12.1. The number of carbonyl (C=O) groups excluding carboxylic acids is 2. The summed E-state index contributed by atoms with van der Waals surface area (Å²) < 4.78 is 10.6. The Hall–Kier alpha value is -1.66. The van der Waals surface area contributed by atoms with Crippen LogP contribution < -0.4 is 10.6 Å². The minimum atomic E-state index is -0.940. The molecule has 2 aliphatic carbocycles. The van der Waals surface area contributed by atoms with E-state index in [-0.39, 0.29) is 0 Å². The summed E-state index contributed by atoms with van der Waals surface area (Å²) in [5.41, 5.74) is -1.62. The Morgan fingerprint density at radius 2 is 1.35 bits per heavy atom. The molecule has 4 unspecified atom stereocenters. The summed E-state index contributed by atoms with van der Waals surface area (Å²) in [4.78, 5) is 23.8. The first-order chi connectivity index (χ1) is 9.58. The van der Waals surface area contributed by atoms with Crippen molar-refractivity contribution in [3.63, 3.8) is 0 Å². The van der Waals surface area contributed by atoms with E-state index in [9.17, 15) is 9.59 Å². The molecule has 2 heterocycles. The highest BCUT2D eigenvalue weighted by molar-refractivity contribution is 6.30. The maximum absolute atomic E-state index is 11.9. The van der Waals surface area contributed by atoms with Gasteiger partial charge in [-0.05, 0) is 24.0 Å². The number of ether oxygens (including phenoxy) is 2. The number of rotatable bonds is 2. The maximum Gasteiger partial charge on any atom is 0.419 e. The number of hydrogen-bond donors (Lipinski definition) is 2. The van der Waals surface area contributed by atoms with E-state index >= 15 is 0 Å². The molecule has 6 heteroatoms. The molecule has 4 bridgehead atoms. The summed E-state index contributed by atoms with van der Waals surface area (Å²) in [5, 5.41) is 6.23. The van der Waals surface area contributed by atoms with Gasteiger partial charge in [0.1, 0.15) is 0 Å². The highest BCUT2D eigenvalue weighted by Gasteiger charge is 2.48. The summed E-state index contributed by atoms with van der Waals surface area (Å²) in [5.74, 6) is -1.12. The van der Waals surface area contributed by atoms with E-state index in [0.717, 1.165) is 13.1 Å². The van der Waals surface area contributed by atoms with Crippen LogP contribution in [0.1, 0.15) is 12.8 Å². The Kier molecular flexibility index (Phi) is 2.38. The Morgan fingerprint density at radius 1 is 0.900 bits per heavy atom. The van der Waals surface area contributed by atoms with Gasteiger partial charge in [0.05, 0.1) is 0 Å². The van der Waals surface area contributed by atoms with E-state index in [4.69, 9.17) is 9.47 Å². The van der Waals surface area contributed by atoms with Crippen molar-refractivity contribution >= 4 is 11.9 Å². The van der Waals surface area contributed by atoms with Gasteiger partial charge in [0.2, 0.25) is 0 Å². The molecule has 0 aromatic carbocycles. The van der Waals surface area contributed by atoms with Gasteiger partial charge in [0.15, 0.2) is 11.4 Å². The van der Waals surface area contributed by atoms with E-state index in [0.29, 0.717) is 24.7 Å². The third-order valence-electron chi connectivity index (χ3n) is 4.45. The quantitative estimate of drug-likeness (QED) is 0.414. The lowest BCUT2D eigenvalue weighted by Gasteiger charge is -2.27. The highest BCUT2D eigenvalue weighted by atomic mass is 16.6. The van der Waals surface area contributed by atoms with Crippen LogP contribution in [-0.4, -0.2) is 36.5 Å². The molecule has 0 spiro atoms. The lowest BCUT2D eigenvalue weighted by atomic mass is 10.1. The Morgan fingerprint density at radius 3 is 1.60 bits per heavy atom. The fraction of sp³-hybridized carbons (Fsp3) is 0.571. The van der Waals surface area contributed by atoms with E-state index < -0.39 is 23.4 Å². The Bertz CT molecular complexity index is 495. The fourth-order valence-corrected chi connectivity index (χ4v) is 3.42. The molecule has 2 fully saturated rings. The summed E-state index contributed by atoms with van der Waals surface area (Å²) in [6.45, 7) is 1.55. The van der Waals surface area contributed by atoms with Crippen LogP contribution >= 0.6 is 0 Å². The van der Waals surface area contributed by atoms with Crippen LogP contribution in [0.3, 0.4) is 0 Å². The maximum atomic E-state index is 11.9. The lowest BCUT2D eigenvalue weighted by molar-refractivity contribution is -0.182. The molecule has 2 N–H and O–H groups in total. The minimum Gasteiger partial charge on any atom is -0.432 e. The Balaban J connectivity index is 1.40. The van der Waals surface area contributed by atoms with Gasteiger partial charge in [0, 0.05) is 25.9 Å². The van der Waals surface area contributed by atoms with Crippen molar-refractivity contribution in [3.8, 4) is 0 Å². The van der Waals surface area contributed by atoms with E-state index in [1.54, 1.807) is 0 Å². The second-order valence-electron chi connectivity index (χ2n) is 5.97. The predicted octanol–water partition coefficient (Wildman–Crippen LogP) is -0.176. The van der Waals surface area contributed by atoms with Crippen molar-refractivity contribution in [2.24, 2.45) is 11.8 Å². The van der Waals surface area contributed by atoms with Crippen molar-refractivity contribution in [1.29, 1.82) is 0 Å². The van der Waals surface area contributed by atoms with Crippen molar-refractivity contribution < 1.29 is 19.1 Å². The van der Waals surface area contributed by atoms with Gasteiger partial charge >= 0.3 is 11.9 Å². The van der Waals surface area contributed by atoms with Gasteiger partial charge in [-0.25, -0.2) is 9.59 Å². The molecule has 20 heavy (non-hydrogen) atoms. The zero-order valence-electron chi connectivity index (χ0n) is 10.9. The number of fused-ring (bicyclic) bond motifs is 4. The molecule has 0 aromatic rings. The van der Waals surface area contributed by atoms with Crippen LogP contribution in [0.5, 0.6) is 0 Å². The second kappa shape index (κ2) is 3.93. The predicted molar refractivity (Wildman–Crippen MR) is 68.1 cm³/mol. The Labute approximate surface area is 116 Å². The van der Waals surface area contributed by atoms with Crippen LogP contribution in [0.25, 0.3) is 0 Å². The highest BCUT2D eigenvalue weighted by Crippen LogP contribution is 2.36. The standard InChI is InChI=1S/C14H16N2O4/c17-11(19-13-3-1-9(5-13)7-15-13)12(18)20-14-4-2-10(6-14)8-16-14/h1-4,9-10,15-16H,5-8H2. The third-order valence-corrected chi connectivity index (χ3v) is 4.45. The molecule has 6 nitrogen and oxygen atoms in total. The summed E-state index contributed by atoms with van der Waals surface area (Å²) in [6.07, 6.45) is 9.02. The van der Waals surface area contributed by atoms with Crippen LogP contribution in [0.2, 0.25) is 0 Å². The lowest BCUT2D eigenvalue weighted by Crippen LogP contribution is -2.47. The van der Waals surface area contributed by atoms with Crippen LogP contribution in [-0.2, 0) is 19.1 Å². The summed E-state index contributed by atoms with van der Waals surface area (Å²) >= 11 is 0. The molecule has 4 aliphatic rings. The van der Waals surface area contributed by atoms with E-state index in [1.165, 1.54) is 0 Å². The van der Waals surface area contributed by atoms with E-state index in [2.05, 4.69) is 10.6 Å². The van der Waals surface area contributed by atoms with Crippen LogP contribution in [0, 0.1) is 11.8 Å². The molecule has 0 aromatic heterocycles. The molecular formula is C14H16N2O4. The van der Waals surface area contributed by atoms with Gasteiger partial charge in [0.25, 0.3) is 0 Å². The van der Waals surface area contributed by atoms with Crippen molar-refractivity contribution in [3.05, 3.63) is 24.3 Å². The molecule has 0 amide bonds. The number of esters is 2. The van der Waals surface area contributed by atoms with Gasteiger partial charge in [-0.1, -0.05) is 12.2 Å². The van der Waals surface area contributed by atoms with Crippen LogP contribution in [0.4, 0.5) is 0 Å². The molecule has 2 saturated heterocycles. The van der Waals surface area contributed by atoms with Crippen molar-refractivity contribution in [2.45, 2.75) is 24.3 Å². The van der Waals surface area contributed by atoms with Gasteiger partial charge in [-0.15, -0.1) is 0 Å². The number of nitrogens with one attached hydrogen (secondary N) is 2. The first-order valence-electron chi connectivity index (χ1n) is 6.93. The van der Waals surface area contributed by atoms with Gasteiger partial charge in [-0.2, -0.15) is 0 Å². The van der Waals surface area contributed by atoms with E-state index in [1.807, 2.05) is 24.3 Å². The van der Waals surface area contributed by atoms with Gasteiger partial charge < -0.3 is 9.47 Å². The molecule has 106 valence electrons. The molecule has 2 aliphatic heterocycles. The smallest absolute Gasteiger partial charge is 0.419 e. The largest absolute Gasteiger partial charge is 0.432 e. The monoisotopic (exact) mass is 276 g/mol. The average Bonchev–Trinajstić information content (AvgIpc) is 3.17. The number of hydrogen-bond acceptors (Lipinski definition) is 6. The fourth-order valence-electron chi connectivity index (χ4n) is 3.42. The van der Waals surface area contributed by atoms with Gasteiger partial charge in [-0.3, -0.25) is 10.6 Å². The molecule has 4 atom stereocenters. The van der Waals surface area contributed by atoms with Crippen molar-refractivity contribution in [2.75, 3.05) is 13.1 Å². The zero-order chi connectivity index (χ0) is 13.8. The summed E-state index contributed by atoms with van der Waals surface area (Å²) in [6, 6.07) is 0. The second-order valence-corrected chi connectivity index (χ2v) is 5.97. The zero-order valence-corrected chi connectivity index (χ0v) is 10.9. The molecule has 0 radical (unpaired) electrons. The third kappa shape index (κ3) is 1.79. The molecule has 4 rings (SSSR count). The molecule has 0 saturated carbocycles. The first-order valence-corrected chi connectivity index (χ1v) is 6.93. The topological polar surface area (TPSA) is 76.7 Å². The average molecular weight is 276 g/mol. The minimum absolute atomic E-state index is 0.382. The molecular weight excluding hydrogens is 260 g/mol. The number of carbonyl (C=O) groups is 2. The van der Waals surface area contributed by atoms with Crippen LogP contribution in [0.15, 0.2) is 24.3 Å². The summed E-state index contributed by atoms with van der Waals surface area (Å²) in [7, 11) is 0. The normalized spacial score (nSPS) is 43.2. The SMILES string of the molecule is O=C(OC12C=CC(CN1)C2)C(=O)OC12C=CC(CN1)C2. The van der Waals surface area contributed by atoms with Crippen molar-refractivity contribution in [1.82, 2.24) is 10.6 Å².